The summed E-state index contributed by atoms with van der Waals surface area (Å²) in [5, 5.41) is 13.5. The van der Waals surface area contributed by atoms with Crippen LogP contribution in [0.2, 0.25) is 0 Å². The van der Waals surface area contributed by atoms with Crippen LogP contribution in [0, 0.1) is 0 Å². The number of nitrogens with one attached hydrogen (secondary N) is 2. The van der Waals surface area contributed by atoms with Crippen molar-refractivity contribution in [1.82, 2.24) is 0 Å². The van der Waals surface area contributed by atoms with Gasteiger partial charge in [-0.15, -0.1) is 11.8 Å². The summed E-state index contributed by atoms with van der Waals surface area (Å²) in [4.78, 5) is 47.5. The highest BCUT2D eigenvalue weighted by Gasteiger charge is 2.15. The summed E-state index contributed by atoms with van der Waals surface area (Å²) in [6, 6.07) is 13.4. The number of carbonyl (C=O) groups is 4. The average molecular weight is 471 g/mol. The highest BCUT2D eigenvalue weighted by atomic mass is 32.2. The zero-order valence-electron chi connectivity index (χ0n) is 18.4. The van der Waals surface area contributed by atoms with Crippen LogP contribution in [0.5, 0.6) is 0 Å². The second-order valence-electron chi connectivity index (χ2n) is 7.00. The number of aliphatic carboxylic acids is 1. The molecule has 0 aliphatic carbocycles. The molecule has 0 bridgehead atoms. The molecular weight excluding hydrogens is 444 g/mol. The number of amides is 2. The molecule has 2 aromatic rings. The molecule has 0 radical (unpaired) electrons. The van der Waals surface area contributed by atoms with Gasteiger partial charge in [-0.2, -0.15) is 0 Å². The highest BCUT2D eigenvalue weighted by Crippen LogP contribution is 2.26. The summed E-state index contributed by atoms with van der Waals surface area (Å²) in [7, 11) is 0. The third-order valence-corrected chi connectivity index (χ3v) is 5.37. The van der Waals surface area contributed by atoms with Gasteiger partial charge in [-0.3, -0.25) is 9.59 Å². The van der Waals surface area contributed by atoms with Gasteiger partial charge in [-0.05, 0) is 55.8 Å². The van der Waals surface area contributed by atoms with Crippen LogP contribution in [0.25, 0.3) is 0 Å². The Morgan fingerprint density at radius 3 is 2.42 bits per heavy atom. The number of thioether (sulfide) groups is 1. The molecule has 0 heterocycles. The lowest BCUT2D eigenvalue weighted by molar-refractivity contribution is -0.131. The molecule has 2 aromatic carbocycles. The van der Waals surface area contributed by atoms with E-state index in [0.29, 0.717) is 23.5 Å². The molecule has 0 spiro atoms. The first-order valence-electron chi connectivity index (χ1n) is 10.3. The molecule has 0 fully saturated rings. The van der Waals surface area contributed by atoms with Crippen LogP contribution in [0.15, 0.2) is 65.6 Å². The van der Waals surface area contributed by atoms with Crippen molar-refractivity contribution in [3.8, 4) is 0 Å². The van der Waals surface area contributed by atoms with Crippen molar-refractivity contribution in [2.45, 2.75) is 36.8 Å². The van der Waals surface area contributed by atoms with Crippen molar-refractivity contribution in [2.24, 2.45) is 0 Å². The first kappa shape index (κ1) is 25.7. The van der Waals surface area contributed by atoms with Gasteiger partial charge < -0.3 is 20.5 Å². The van der Waals surface area contributed by atoms with Crippen molar-refractivity contribution in [3.63, 3.8) is 0 Å². The molecule has 174 valence electrons. The van der Waals surface area contributed by atoms with Crippen LogP contribution in [0.3, 0.4) is 0 Å². The third kappa shape index (κ3) is 9.20. The number of rotatable bonds is 11. The maximum atomic E-state index is 12.6. The van der Waals surface area contributed by atoms with Crippen molar-refractivity contribution in [3.05, 3.63) is 66.2 Å². The van der Waals surface area contributed by atoms with Crippen molar-refractivity contribution in [1.29, 1.82) is 0 Å². The maximum Gasteiger partial charge on any atom is 0.338 e. The largest absolute Gasteiger partial charge is 0.478 e. The number of hydrogen-bond acceptors (Lipinski definition) is 6. The number of unbranched alkanes of at least 4 members (excludes halogenated alkanes) is 1. The van der Waals surface area contributed by atoms with Gasteiger partial charge in [0.05, 0.1) is 17.4 Å². The van der Waals surface area contributed by atoms with E-state index >= 15 is 0 Å². The molecule has 0 aliphatic heterocycles. The number of anilines is 2. The summed E-state index contributed by atoms with van der Waals surface area (Å²) < 4.78 is 5.17. The molecule has 1 unspecified atom stereocenters. The van der Waals surface area contributed by atoms with E-state index in [1.54, 1.807) is 55.5 Å². The van der Waals surface area contributed by atoms with E-state index in [-0.39, 0.29) is 5.91 Å². The van der Waals surface area contributed by atoms with Gasteiger partial charge in [-0.1, -0.05) is 19.4 Å². The van der Waals surface area contributed by atoms with Crippen LogP contribution < -0.4 is 10.6 Å². The topological polar surface area (TPSA) is 122 Å². The minimum Gasteiger partial charge on any atom is -0.478 e. The highest BCUT2D eigenvalue weighted by molar-refractivity contribution is 8.00. The minimum atomic E-state index is -1.21. The predicted molar refractivity (Wildman–Crippen MR) is 127 cm³/mol. The quantitative estimate of drug-likeness (QED) is 0.193. The standard InChI is InChI=1S/C24H26N2O6S/c1-3-4-14-32-24(31)17-8-10-18(11-9-17)26-23(30)16(2)33-20-7-5-6-19(15-20)25-21(27)12-13-22(28)29/h5-13,15-16H,3-4,14H2,1-2H3,(H,25,27)(H,26,30)(H,28,29)/b13-12+. The molecule has 0 saturated heterocycles. The molecule has 9 heteroatoms. The summed E-state index contributed by atoms with van der Waals surface area (Å²) >= 11 is 1.30. The molecule has 2 amide bonds. The third-order valence-electron chi connectivity index (χ3n) is 4.28. The Morgan fingerprint density at radius 1 is 1.03 bits per heavy atom. The second-order valence-corrected chi connectivity index (χ2v) is 8.42. The lowest BCUT2D eigenvalue weighted by Gasteiger charge is -2.13. The number of carboxylic acids is 1. The van der Waals surface area contributed by atoms with Gasteiger partial charge in [0.25, 0.3) is 0 Å². The second kappa shape index (κ2) is 13.1. The van der Waals surface area contributed by atoms with E-state index in [1.165, 1.54) is 11.8 Å². The Hall–Kier alpha value is -3.59. The Balaban J connectivity index is 1.91. The number of esters is 1. The molecule has 2 rings (SSSR count). The van der Waals surface area contributed by atoms with E-state index < -0.39 is 23.1 Å². The molecule has 0 saturated carbocycles. The SMILES string of the molecule is CCCCOC(=O)c1ccc(NC(=O)C(C)Sc2cccc(NC(=O)/C=C/C(=O)O)c2)cc1. The van der Waals surface area contributed by atoms with Crippen molar-refractivity contribution in [2.75, 3.05) is 17.2 Å². The summed E-state index contributed by atoms with van der Waals surface area (Å²) in [6.07, 6.45) is 3.43. The fraction of sp³-hybridized carbons (Fsp3) is 0.250. The van der Waals surface area contributed by atoms with Gasteiger partial charge in [0, 0.05) is 28.4 Å². The Bertz CT molecular complexity index is 1020. The molecular formula is C24H26N2O6S. The Morgan fingerprint density at radius 2 is 1.76 bits per heavy atom. The number of benzene rings is 2. The van der Waals surface area contributed by atoms with Crippen LogP contribution in [0.4, 0.5) is 11.4 Å². The van der Waals surface area contributed by atoms with Gasteiger partial charge in [0.1, 0.15) is 0 Å². The molecule has 1 atom stereocenters. The first-order valence-corrected chi connectivity index (χ1v) is 11.2. The van der Waals surface area contributed by atoms with Gasteiger partial charge in [0.15, 0.2) is 0 Å². The molecule has 33 heavy (non-hydrogen) atoms. The van der Waals surface area contributed by atoms with Crippen molar-refractivity contribution < 1.29 is 29.0 Å². The minimum absolute atomic E-state index is 0.225. The van der Waals surface area contributed by atoms with Gasteiger partial charge in [0.2, 0.25) is 11.8 Å². The lowest BCUT2D eigenvalue weighted by atomic mass is 10.2. The Kier molecular flexibility index (Phi) is 10.2. The zero-order chi connectivity index (χ0) is 24.2. The van der Waals surface area contributed by atoms with Gasteiger partial charge >= 0.3 is 11.9 Å². The predicted octanol–water partition coefficient (Wildman–Crippen LogP) is 4.34. The smallest absolute Gasteiger partial charge is 0.338 e. The molecule has 3 N–H and O–H groups in total. The van der Waals surface area contributed by atoms with E-state index in [1.807, 2.05) is 6.92 Å². The zero-order valence-corrected chi connectivity index (χ0v) is 19.2. The van der Waals surface area contributed by atoms with E-state index in [9.17, 15) is 19.2 Å². The van der Waals surface area contributed by atoms with Gasteiger partial charge in [-0.25, -0.2) is 9.59 Å². The Labute approximate surface area is 196 Å². The van der Waals surface area contributed by atoms with Crippen molar-refractivity contribution >= 4 is 46.9 Å². The van der Waals surface area contributed by atoms with Crippen LogP contribution in [0.1, 0.15) is 37.0 Å². The van der Waals surface area contributed by atoms with E-state index in [4.69, 9.17) is 9.84 Å². The van der Waals surface area contributed by atoms with Crippen LogP contribution in [-0.4, -0.2) is 40.7 Å². The monoisotopic (exact) mass is 470 g/mol. The summed E-state index contributed by atoms with van der Waals surface area (Å²) in [6.45, 7) is 4.15. The fourth-order valence-corrected chi connectivity index (χ4v) is 3.49. The van der Waals surface area contributed by atoms with Crippen LogP contribution in [-0.2, 0) is 19.1 Å². The summed E-state index contributed by atoms with van der Waals surface area (Å²) in [5.41, 5.74) is 1.46. The maximum absolute atomic E-state index is 12.6. The first-order chi connectivity index (χ1) is 15.8. The number of ether oxygens (including phenoxy) is 1. The van der Waals surface area contributed by atoms with Crippen LogP contribution >= 0.6 is 11.8 Å². The number of carboxylic acid groups (broad SMARTS) is 1. The molecule has 0 aliphatic rings. The number of hydrogen-bond donors (Lipinski definition) is 3. The number of carbonyl (C=O) groups excluding carboxylic acids is 3. The van der Waals surface area contributed by atoms with E-state index in [2.05, 4.69) is 10.6 Å². The fourth-order valence-electron chi connectivity index (χ4n) is 2.56. The van der Waals surface area contributed by atoms with E-state index in [0.717, 1.165) is 29.9 Å². The molecule has 0 aromatic heterocycles. The normalized spacial score (nSPS) is 11.6. The molecule has 8 nitrogen and oxygen atoms in total. The summed E-state index contributed by atoms with van der Waals surface area (Å²) in [5.74, 6) is -2.40. The lowest BCUT2D eigenvalue weighted by Crippen LogP contribution is -2.22. The average Bonchev–Trinajstić information content (AvgIpc) is 2.78.